The number of carbonyl (C=O) groups excluding carboxylic acids is 1. The maximum atomic E-state index is 13.4. The Balaban J connectivity index is 1.38. The standard InChI is InChI=1S/C25H32ClN3O7S2/c1-2-36-23-10-7-21(26)16-24(23)38(33,34)29-11-3-4-20(18-29)25(30)27-17-19-5-8-22(9-6-19)37(31,32)28-12-14-35-15-13-28/h5-10,16,20H,2-4,11-15,17-18H2,1H3,(H,27,30)/t20-/m1/s1. The van der Waals surface area contributed by atoms with E-state index in [0.29, 0.717) is 52.3 Å². The van der Waals surface area contributed by atoms with Crippen LogP contribution >= 0.6 is 11.6 Å². The molecule has 0 aromatic heterocycles. The van der Waals surface area contributed by atoms with Gasteiger partial charge in [-0.3, -0.25) is 4.79 Å². The van der Waals surface area contributed by atoms with Gasteiger partial charge in [0.05, 0.1) is 30.6 Å². The van der Waals surface area contributed by atoms with E-state index < -0.39 is 26.0 Å². The number of morpholine rings is 1. The number of halogens is 1. The molecule has 1 atom stereocenters. The molecule has 2 fully saturated rings. The fourth-order valence-corrected chi connectivity index (χ4v) is 7.85. The van der Waals surface area contributed by atoms with Crippen molar-refractivity contribution in [1.82, 2.24) is 13.9 Å². The van der Waals surface area contributed by atoms with Crippen molar-refractivity contribution in [2.45, 2.75) is 36.1 Å². The molecule has 0 aliphatic carbocycles. The number of amides is 1. The van der Waals surface area contributed by atoms with Crippen molar-refractivity contribution < 1.29 is 31.1 Å². The van der Waals surface area contributed by atoms with E-state index in [1.54, 1.807) is 25.1 Å². The number of hydrogen-bond acceptors (Lipinski definition) is 7. The van der Waals surface area contributed by atoms with Crippen LogP contribution in [0.3, 0.4) is 0 Å². The van der Waals surface area contributed by atoms with Gasteiger partial charge in [0.25, 0.3) is 0 Å². The van der Waals surface area contributed by atoms with Gasteiger partial charge in [-0.25, -0.2) is 16.8 Å². The van der Waals surface area contributed by atoms with Gasteiger partial charge in [0.1, 0.15) is 10.6 Å². The second kappa shape index (κ2) is 12.3. The SMILES string of the molecule is CCOc1ccc(Cl)cc1S(=O)(=O)N1CCC[C@@H](C(=O)NCc2ccc(S(=O)(=O)N3CCOCC3)cc2)C1. The van der Waals surface area contributed by atoms with Crippen molar-refractivity contribution in [1.29, 1.82) is 0 Å². The van der Waals surface area contributed by atoms with Crippen molar-refractivity contribution >= 4 is 37.6 Å². The summed E-state index contributed by atoms with van der Waals surface area (Å²) < 4.78 is 65.8. The molecule has 2 aliphatic rings. The fraction of sp³-hybridized carbons (Fsp3) is 0.480. The lowest BCUT2D eigenvalue weighted by molar-refractivity contribution is -0.126. The zero-order valence-electron chi connectivity index (χ0n) is 21.1. The van der Waals surface area contributed by atoms with Crippen LogP contribution in [0.2, 0.25) is 5.02 Å². The molecule has 38 heavy (non-hydrogen) atoms. The summed E-state index contributed by atoms with van der Waals surface area (Å²) >= 11 is 6.07. The molecule has 1 amide bonds. The molecule has 0 unspecified atom stereocenters. The highest BCUT2D eigenvalue weighted by molar-refractivity contribution is 7.89. The van der Waals surface area contributed by atoms with Crippen LogP contribution in [0.15, 0.2) is 52.3 Å². The Bertz CT molecular complexity index is 1350. The molecule has 10 nitrogen and oxygen atoms in total. The second-order valence-electron chi connectivity index (χ2n) is 9.10. The van der Waals surface area contributed by atoms with Gasteiger partial charge in [-0.15, -0.1) is 0 Å². The summed E-state index contributed by atoms with van der Waals surface area (Å²) in [6.07, 6.45) is 1.10. The summed E-state index contributed by atoms with van der Waals surface area (Å²) in [6.45, 7) is 3.98. The number of sulfonamides is 2. The lowest BCUT2D eigenvalue weighted by Crippen LogP contribution is -2.45. The molecule has 2 aromatic rings. The van der Waals surface area contributed by atoms with Crippen molar-refractivity contribution in [3.05, 3.63) is 53.1 Å². The summed E-state index contributed by atoms with van der Waals surface area (Å²) in [5.41, 5.74) is 0.736. The molecule has 208 valence electrons. The third kappa shape index (κ3) is 6.49. The minimum Gasteiger partial charge on any atom is -0.492 e. The highest BCUT2D eigenvalue weighted by Crippen LogP contribution is 2.32. The lowest BCUT2D eigenvalue weighted by Gasteiger charge is -2.31. The minimum atomic E-state index is -3.92. The van der Waals surface area contributed by atoms with Gasteiger partial charge in [-0.2, -0.15) is 8.61 Å². The van der Waals surface area contributed by atoms with Gasteiger partial charge < -0.3 is 14.8 Å². The third-order valence-corrected chi connectivity index (χ3v) is 10.6. The Morgan fingerprint density at radius 2 is 1.74 bits per heavy atom. The van der Waals surface area contributed by atoms with Crippen LogP contribution in [-0.4, -0.2) is 77.4 Å². The number of hydrogen-bond donors (Lipinski definition) is 1. The predicted molar refractivity (Wildman–Crippen MR) is 142 cm³/mol. The molecule has 2 heterocycles. The van der Waals surface area contributed by atoms with E-state index in [4.69, 9.17) is 21.1 Å². The number of nitrogens with one attached hydrogen (secondary N) is 1. The Labute approximate surface area is 229 Å². The zero-order valence-corrected chi connectivity index (χ0v) is 23.5. The van der Waals surface area contributed by atoms with Gasteiger partial charge in [0.15, 0.2) is 0 Å². The van der Waals surface area contributed by atoms with E-state index in [9.17, 15) is 21.6 Å². The Hall–Kier alpha value is -2.22. The van der Waals surface area contributed by atoms with E-state index in [2.05, 4.69) is 5.32 Å². The van der Waals surface area contributed by atoms with Gasteiger partial charge in [0.2, 0.25) is 26.0 Å². The molecule has 0 radical (unpaired) electrons. The highest BCUT2D eigenvalue weighted by atomic mass is 35.5. The van der Waals surface area contributed by atoms with E-state index in [1.807, 2.05) is 0 Å². The Morgan fingerprint density at radius 3 is 2.42 bits per heavy atom. The molecule has 2 saturated heterocycles. The molecule has 2 aromatic carbocycles. The number of ether oxygens (including phenoxy) is 2. The summed E-state index contributed by atoms with van der Waals surface area (Å²) in [5.74, 6) is -0.553. The average molecular weight is 586 g/mol. The summed E-state index contributed by atoms with van der Waals surface area (Å²) in [7, 11) is -7.52. The maximum Gasteiger partial charge on any atom is 0.246 e. The van der Waals surface area contributed by atoms with Crippen LogP contribution in [0.5, 0.6) is 5.75 Å². The van der Waals surface area contributed by atoms with Crippen LogP contribution in [0, 0.1) is 5.92 Å². The van der Waals surface area contributed by atoms with Crippen LogP contribution in [-0.2, 0) is 36.1 Å². The molecule has 1 N–H and O–H groups in total. The normalized spacial score (nSPS) is 19.7. The first-order valence-corrected chi connectivity index (χ1v) is 15.8. The van der Waals surface area contributed by atoms with Crippen LogP contribution in [0.25, 0.3) is 0 Å². The first kappa shape index (κ1) is 28.8. The summed E-state index contributed by atoms with van der Waals surface area (Å²) in [5, 5.41) is 3.14. The minimum absolute atomic E-state index is 0.0139. The number of piperidine rings is 1. The second-order valence-corrected chi connectivity index (χ2v) is 13.4. The predicted octanol–water partition coefficient (Wildman–Crippen LogP) is 2.48. The van der Waals surface area contributed by atoms with E-state index in [0.717, 1.165) is 5.56 Å². The van der Waals surface area contributed by atoms with Gasteiger partial charge >= 0.3 is 0 Å². The van der Waals surface area contributed by atoms with E-state index in [1.165, 1.54) is 32.9 Å². The molecule has 0 saturated carbocycles. The number of carbonyl (C=O) groups is 1. The number of benzene rings is 2. The average Bonchev–Trinajstić information content (AvgIpc) is 2.93. The van der Waals surface area contributed by atoms with E-state index >= 15 is 0 Å². The van der Waals surface area contributed by atoms with Crippen molar-refractivity contribution in [2.24, 2.45) is 5.92 Å². The topological polar surface area (TPSA) is 122 Å². The van der Waals surface area contributed by atoms with Crippen molar-refractivity contribution in [3.8, 4) is 5.75 Å². The van der Waals surface area contributed by atoms with Gasteiger partial charge in [-0.1, -0.05) is 23.7 Å². The van der Waals surface area contributed by atoms with E-state index in [-0.39, 0.29) is 39.6 Å². The molecule has 2 aliphatic heterocycles. The zero-order chi connectivity index (χ0) is 27.3. The lowest BCUT2D eigenvalue weighted by atomic mass is 9.99. The molecule has 0 bridgehead atoms. The molecule has 13 heteroatoms. The Kier molecular flexibility index (Phi) is 9.32. The van der Waals surface area contributed by atoms with Crippen LogP contribution < -0.4 is 10.1 Å². The first-order chi connectivity index (χ1) is 18.1. The quantitative estimate of drug-likeness (QED) is 0.480. The number of nitrogens with zero attached hydrogens (tertiary/aromatic N) is 2. The first-order valence-electron chi connectivity index (χ1n) is 12.5. The Morgan fingerprint density at radius 1 is 1.03 bits per heavy atom. The van der Waals surface area contributed by atoms with Gasteiger partial charge in [-0.05, 0) is 55.7 Å². The monoisotopic (exact) mass is 585 g/mol. The summed E-state index contributed by atoms with van der Waals surface area (Å²) in [6, 6.07) is 10.9. The number of rotatable bonds is 9. The summed E-state index contributed by atoms with van der Waals surface area (Å²) in [4.78, 5) is 13.1. The van der Waals surface area contributed by atoms with Crippen LogP contribution in [0.1, 0.15) is 25.3 Å². The molecular formula is C25H32ClN3O7S2. The highest BCUT2D eigenvalue weighted by Gasteiger charge is 2.35. The largest absolute Gasteiger partial charge is 0.492 e. The third-order valence-electron chi connectivity index (χ3n) is 6.58. The smallest absolute Gasteiger partial charge is 0.246 e. The van der Waals surface area contributed by atoms with Crippen molar-refractivity contribution in [2.75, 3.05) is 46.0 Å². The molecule has 4 rings (SSSR count). The molecular weight excluding hydrogens is 554 g/mol. The van der Waals surface area contributed by atoms with Crippen LogP contribution in [0.4, 0.5) is 0 Å². The van der Waals surface area contributed by atoms with Gasteiger partial charge in [0, 0.05) is 37.7 Å². The van der Waals surface area contributed by atoms with Crippen molar-refractivity contribution in [3.63, 3.8) is 0 Å². The molecule has 0 spiro atoms. The maximum absolute atomic E-state index is 13.4. The fourth-order valence-electron chi connectivity index (χ4n) is 4.52.